The number of hydrogen-bond acceptors (Lipinski definition) is 3. The third kappa shape index (κ3) is 2.88. The topological polar surface area (TPSA) is 38.8 Å². The van der Waals surface area contributed by atoms with E-state index in [-0.39, 0.29) is 12.2 Å². The van der Waals surface area contributed by atoms with Gasteiger partial charge >= 0.3 is 5.97 Å². The minimum absolute atomic E-state index is 0.241. The van der Waals surface area contributed by atoms with E-state index in [1.807, 2.05) is 0 Å². The predicted octanol–water partition coefficient (Wildman–Crippen LogP) is 1.06. The fourth-order valence-corrected chi connectivity index (χ4v) is 0.853. The van der Waals surface area contributed by atoms with Crippen LogP contribution in [0.2, 0.25) is 0 Å². The molecule has 12 heavy (non-hydrogen) atoms. The Morgan fingerprint density at radius 2 is 2.42 bits per heavy atom. The molecule has 0 bridgehead atoms. The summed E-state index contributed by atoms with van der Waals surface area (Å²) in [4.78, 5) is 10.8. The highest BCUT2D eigenvalue weighted by Gasteiger charge is 2.26. The molecule has 1 rings (SSSR count). The van der Waals surface area contributed by atoms with E-state index in [1.54, 1.807) is 6.08 Å². The molecule has 0 N–H and O–H groups in total. The third-order valence-electron chi connectivity index (χ3n) is 1.59. The quantitative estimate of drug-likeness (QED) is 0.266. The second-order valence-electron chi connectivity index (χ2n) is 2.61. The molecule has 66 valence electrons. The molecule has 0 spiro atoms. The van der Waals surface area contributed by atoms with Gasteiger partial charge in [0.05, 0.1) is 12.7 Å². The zero-order valence-corrected chi connectivity index (χ0v) is 6.86. The van der Waals surface area contributed by atoms with Crippen molar-refractivity contribution in [3.8, 4) is 0 Å². The van der Waals surface area contributed by atoms with Gasteiger partial charge in [-0.05, 0) is 0 Å². The van der Waals surface area contributed by atoms with Crippen LogP contribution in [0.3, 0.4) is 0 Å². The zero-order chi connectivity index (χ0) is 8.97. The maximum Gasteiger partial charge on any atom is 0.330 e. The van der Waals surface area contributed by atoms with E-state index in [0.29, 0.717) is 6.42 Å². The number of epoxide rings is 1. The first-order chi connectivity index (χ1) is 5.76. The molecule has 3 heteroatoms. The van der Waals surface area contributed by atoms with Gasteiger partial charge in [-0.3, -0.25) is 0 Å². The minimum atomic E-state index is -0.416. The van der Waals surface area contributed by atoms with Crippen LogP contribution in [0.4, 0.5) is 0 Å². The van der Waals surface area contributed by atoms with E-state index in [0.717, 1.165) is 12.7 Å². The van der Waals surface area contributed by atoms with Gasteiger partial charge in [0.2, 0.25) is 0 Å². The van der Waals surface area contributed by atoms with Crippen molar-refractivity contribution in [2.24, 2.45) is 0 Å². The monoisotopic (exact) mass is 168 g/mol. The van der Waals surface area contributed by atoms with Crippen molar-refractivity contribution in [1.29, 1.82) is 0 Å². The first-order valence-corrected chi connectivity index (χ1v) is 3.83. The van der Waals surface area contributed by atoms with Crippen molar-refractivity contribution < 1.29 is 14.3 Å². The van der Waals surface area contributed by atoms with Crippen LogP contribution in [0.5, 0.6) is 0 Å². The lowest BCUT2D eigenvalue weighted by molar-refractivity contribution is -0.141. The normalized spacial score (nSPS) is 22.5. The first kappa shape index (κ1) is 9.00. The fraction of sp³-hybridized carbons (Fsp3) is 0.444. The molecule has 0 saturated carbocycles. The number of carbonyl (C=O) groups excluding carboxylic acids is 1. The molecule has 0 aromatic rings. The highest BCUT2D eigenvalue weighted by Crippen LogP contribution is 2.17. The predicted molar refractivity (Wildman–Crippen MR) is 44.6 cm³/mol. The van der Waals surface area contributed by atoms with E-state index < -0.39 is 5.97 Å². The van der Waals surface area contributed by atoms with Gasteiger partial charge in [-0.15, -0.1) is 0 Å². The highest BCUT2D eigenvalue weighted by molar-refractivity contribution is 5.81. The Morgan fingerprint density at radius 1 is 1.75 bits per heavy atom. The average molecular weight is 168 g/mol. The smallest absolute Gasteiger partial charge is 0.330 e. The van der Waals surface area contributed by atoms with Gasteiger partial charge in [0.15, 0.2) is 0 Å². The molecule has 1 fully saturated rings. The molecule has 0 amide bonds. The summed E-state index contributed by atoms with van der Waals surface area (Å²) < 4.78 is 9.94. The van der Waals surface area contributed by atoms with Crippen LogP contribution in [-0.2, 0) is 14.3 Å². The molecule has 1 aliphatic heterocycles. The number of ether oxygens (including phenoxy) is 2. The molecule has 3 nitrogen and oxygen atoms in total. The maximum absolute atomic E-state index is 10.8. The van der Waals surface area contributed by atoms with Crippen molar-refractivity contribution in [2.75, 3.05) is 6.61 Å². The second kappa shape index (κ2) is 4.07. The molecule has 1 saturated heterocycles. The van der Waals surface area contributed by atoms with E-state index in [1.165, 1.54) is 0 Å². The molecule has 2 atom stereocenters. The summed E-state index contributed by atoms with van der Waals surface area (Å²) in [6.07, 6.45) is 3.43. The van der Waals surface area contributed by atoms with Gasteiger partial charge in [0.1, 0.15) is 6.10 Å². The summed E-state index contributed by atoms with van der Waals surface area (Å²) in [5.41, 5.74) is 0. The van der Waals surface area contributed by atoms with Crippen molar-refractivity contribution in [2.45, 2.75) is 18.6 Å². The first-order valence-electron chi connectivity index (χ1n) is 3.83. The molecule has 0 aromatic heterocycles. The van der Waals surface area contributed by atoms with Crippen molar-refractivity contribution in [1.82, 2.24) is 0 Å². The Hall–Kier alpha value is -1.09. The Morgan fingerprint density at radius 3 is 2.83 bits per heavy atom. The van der Waals surface area contributed by atoms with E-state index in [9.17, 15) is 4.79 Å². The number of carbonyl (C=O) groups is 1. The average Bonchev–Trinajstić information content (AvgIpc) is 2.86. The van der Waals surface area contributed by atoms with Gasteiger partial charge in [-0.1, -0.05) is 19.2 Å². The van der Waals surface area contributed by atoms with Crippen molar-refractivity contribution >= 4 is 5.97 Å². The van der Waals surface area contributed by atoms with Crippen LogP contribution in [0.1, 0.15) is 6.42 Å². The third-order valence-corrected chi connectivity index (χ3v) is 1.59. The summed E-state index contributed by atoms with van der Waals surface area (Å²) in [5, 5.41) is 0. The molecule has 1 aliphatic rings. The summed E-state index contributed by atoms with van der Waals surface area (Å²) in [7, 11) is 0. The number of hydrogen-bond donors (Lipinski definition) is 0. The van der Waals surface area contributed by atoms with Crippen molar-refractivity contribution in [3.63, 3.8) is 0 Å². The van der Waals surface area contributed by atoms with Gasteiger partial charge < -0.3 is 9.47 Å². The van der Waals surface area contributed by atoms with Crippen LogP contribution in [-0.4, -0.2) is 24.8 Å². The van der Waals surface area contributed by atoms with Gasteiger partial charge in [0, 0.05) is 12.5 Å². The largest absolute Gasteiger partial charge is 0.455 e. The lowest BCUT2D eigenvalue weighted by Crippen LogP contribution is -2.16. The number of rotatable bonds is 5. The number of esters is 1. The van der Waals surface area contributed by atoms with Gasteiger partial charge in [-0.25, -0.2) is 4.79 Å². The summed E-state index contributed by atoms with van der Waals surface area (Å²) >= 11 is 0. The van der Waals surface area contributed by atoms with Crippen LogP contribution in [0.15, 0.2) is 25.3 Å². The zero-order valence-electron chi connectivity index (χ0n) is 6.86. The molecule has 0 radical (unpaired) electrons. The van der Waals surface area contributed by atoms with E-state index in [4.69, 9.17) is 9.47 Å². The van der Waals surface area contributed by atoms with Crippen LogP contribution < -0.4 is 0 Å². The highest BCUT2D eigenvalue weighted by atomic mass is 16.6. The summed E-state index contributed by atoms with van der Waals surface area (Å²) in [5.74, 6) is -0.416. The van der Waals surface area contributed by atoms with Gasteiger partial charge in [-0.2, -0.15) is 0 Å². The van der Waals surface area contributed by atoms with E-state index in [2.05, 4.69) is 13.2 Å². The minimum Gasteiger partial charge on any atom is -0.455 e. The summed E-state index contributed by atoms with van der Waals surface area (Å²) in [6.45, 7) is 7.62. The lowest BCUT2D eigenvalue weighted by Gasteiger charge is -2.10. The molecular weight excluding hydrogens is 156 g/mol. The van der Waals surface area contributed by atoms with Crippen LogP contribution >= 0.6 is 0 Å². The molecule has 2 unspecified atom stereocenters. The molecule has 0 aliphatic carbocycles. The Labute approximate surface area is 71.7 Å². The molecular formula is C9H12O3. The Bertz CT molecular complexity index is 194. The molecule has 1 heterocycles. The standard InChI is InChI=1S/C9H12O3/c1-3-7(5-8-6-11-8)12-9(10)4-2/h3-4,7-8H,1-2,5-6H2. The van der Waals surface area contributed by atoms with Crippen molar-refractivity contribution in [3.05, 3.63) is 25.3 Å². The summed E-state index contributed by atoms with van der Waals surface area (Å²) in [6, 6.07) is 0. The SMILES string of the molecule is C=CC(=O)OC(C=C)CC1CO1. The maximum atomic E-state index is 10.8. The van der Waals surface area contributed by atoms with Gasteiger partial charge in [0.25, 0.3) is 0 Å². The molecule has 0 aromatic carbocycles. The Balaban J connectivity index is 2.27. The second-order valence-corrected chi connectivity index (χ2v) is 2.61. The van der Waals surface area contributed by atoms with E-state index >= 15 is 0 Å². The Kier molecular flexibility index (Phi) is 3.05. The lowest BCUT2D eigenvalue weighted by atomic mass is 10.2. The van der Waals surface area contributed by atoms with Crippen LogP contribution in [0.25, 0.3) is 0 Å². The fourth-order valence-electron chi connectivity index (χ4n) is 0.853. The van der Waals surface area contributed by atoms with Crippen LogP contribution in [0, 0.1) is 0 Å².